The summed E-state index contributed by atoms with van der Waals surface area (Å²) in [6, 6.07) is 19.1. The highest BCUT2D eigenvalue weighted by molar-refractivity contribution is 7.74. The predicted octanol–water partition coefficient (Wildman–Crippen LogP) is 17.2. The van der Waals surface area contributed by atoms with Crippen LogP contribution in [0.5, 0.6) is 23.0 Å². The highest BCUT2D eigenvalue weighted by Gasteiger charge is 2.53. The van der Waals surface area contributed by atoms with E-state index in [1.807, 2.05) is 19.1 Å². The van der Waals surface area contributed by atoms with Crippen LogP contribution in [0.3, 0.4) is 0 Å². The fourth-order valence-electron chi connectivity index (χ4n) is 13.0. The number of hydrogen-bond acceptors (Lipinski definition) is 13. The third-order valence-electron chi connectivity index (χ3n) is 21.6. The van der Waals surface area contributed by atoms with Gasteiger partial charge < -0.3 is 51.5 Å². The molecule has 6 aliphatic rings. The highest BCUT2D eigenvalue weighted by Crippen LogP contribution is 2.58. The molecule has 0 radical (unpaired) electrons. The number of methoxy groups -OCH3 is 1. The molecule has 12 atom stereocenters. The molecule has 3 saturated carbocycles. The maximum absolute atomic E-state index is 11.7. The van der Waals surface area contributed by atoms with E-state index in [1.165, 1.54) is 22.3 Å². The van der Waals surface area contributed by atoms with E-state index in [2.05, 4.69) is 185 Å². The first-order valence-corrected chi connectivity index (χ1v) is 43.0. The maximum Gasteiger partial charge on any atom is 0.446 e. The fraction of sp³-hybridized carbons (Fsp3) is 0.676. The summed E-state index contributed by atoms with van der Waals surface area (Å²) in [6.45, 7) is 47.7. The molecule has 0 N–H and O–H groups in total. The summed E-state index contributed by atoms with van der Waals surface area (Å²) in [5, 5.41) is 0.723. The zero-order chi connectivity index (χ0) is 67.3. The molecule has 500 valence electrons. The Morgan fingerprint density at radius 1 is 0.633 bits per heavy atom. The normalized spacial score (nSPS) is 25.4. The van der Waals surface area contributed by atoms with Crippen molar-refractivity contribution in [2.45, 2.75) is 226 Å². The summed E-state index contributed by atoms with van der Waals surface area (Å²) < 4.78 is 69.6. The Morgan fingerprint density at radius 2 is 1.02 bits per heavy atom. The first-order valence-electron chi connectivity index (χ1n) is 32.8. The number of aryl methyl sites for hydroxylation is 1. The van der Waals surface area contributed by atoms with Gasteiger partial charge in [0.1, 0.15) is 29.8 Å². The summed E-state index contributed by atoms with van der Waals surface area (Å²) in [5.74, 6) is 10.5. The van der Waals surface area contributed by atoms with Crippen molar-refractivity contribution >= 4 is 49.8 Å². The summed E-state index contributed by atoms with van der Waals surface area (Å²) >= 11 is 0. The molecule has 0 aromatic heterocycles. The van der Waals surface area contributed by atoms with E-state index >= 15 is 0 Å². The van der Waals surface area contributed by atoms with Crippen molar-refractivity contribution in [3.05, 3.63) is 87.9 Å². The number of ketones is 1. The van der Waals surface area contributed by atoms with E-state index in [0.29, 0.717) is 66.3 Å². The molecule has 15 nitrogen and oxygen atoms in total. The van der Waals surface area contributed by atoms with E-state index in [-0.39, 0.29) is 39.4 Å². The molecule has 3 heterocycles. The zero-order valence-electron chi connectivity index (χ0n) is 58.9. The summed E-state index contributed by atoms with van der Waals surface area (Å²) in [5.41, 5.74) is 13.8. The van der Waals surface area contributed by atoms with Crippen LogP contribution in [0.15, 0.2) is 54.6 Å². The van der Waals surface area contributed by atoms with Gasteiger partial charge in [0, 0.05) is 81.8 Å². The van der Waals surface area contributed by atoms with Gasteiger partial charge in [0.15, 0.2) is 36.5 Å². The average Bonchev–Trinajstić information content (AvgIpc) is 1.74. The van der Waals surface area contributed by atoms with E-state index in [1.54, 1.807) is 7.11 Å². The average molecular weight is 1320 g/mol. The van der Waals surface area contributed by atoms with Gasteiger partial charge in [-0.25, -0.2) is 4.57 Å². The van der Waals surface area contributed by atoms with E-state index in [9.17, 15) is 14.2 Å². The number of fused-ring (bicyclic) bond motifs is 9. The molecule has 0 bridgehead atoms. The van der Waals surface area contributed by atoms with E-state index in [0.717, 1.165) is 102 Å². The smallest absolute Gasteiger partial charge is 0.446 e. The van der Waals surface area contributed by atoms with Crippen LogP contribution in [-0.2, 0) is 47.6 Å². The maximum atomic E-state index is 11.7. The molecule has 0 spiro atoms. The lowest BCUT2D eigenvalue weighted by molar-refractivity contribution is -0.143. The highest BCUT2D eigenvalue weighted by atomic mass is 31.2. The van der Waals surface area contributed by atoms with Gasteiger partial charge in [-0.15, -0.1) is 6.42 Å². The van der Waals surface area contributed by atoms with E-state index < -0.39 is 43.8 Å². The molecule has 3 fully saturated rings. The number of Topliss-reactive ketones (excluding diaryl/α,β-unsaturated/α-hetero) is 1. The third-order valence-corrected chi connectivity index (χ3v) is 37.0. The van der Waals surface area contributed by atoms with Gasteiger partial charge in [0.2, 0.25) is 5.78 Å². The van der Waals surface area contributed by atoms with Crippen LogP contribution in [0.1, 0.15) is 175 Å². The second-order valence-electron chi connectivity index (χ2n) is 30.5. The molecule has 0 unspecified atom stereocenters. The minimum Gasteiger partial charge on any atom is -0.493 e. The number of carbonyl (C=O) groups excluding carboxylic acids is 2. The van der Waals surface area contributed by atoms with Gasteiger partial charge in [-0.2, -0.15) is 4.79 Å². The Balaban J connectivity index is 0.000000198. The van der Waals surface area contributed by atoms with Crippen LogP contribution in [0.4, 0.5) is 0 Å². The Bertz CT molecular complexity index is 3110. The molecule has 3 aromatic carbocycles. The number of benzene rings is 3. The zero-order valence-corrected chi connectivity index (χ0v) is 62.8. The Kier molecular flexibility index (Phi) is 24.8. The molecule has 9 rings (SSSR count). The fourth-order valence-corrected chi connectivity index (χ4v) is 17.1. The lowest BCUT2D eigenvalue weighted by Crippen LogP contribution is -2.42. The van der Waals surface area contributed by atoms with Crippen molar-refractivity contribution in [1.82, 2.24) is 0 Å². The SMILES string of the molecule is C#Cc1cccc2c1O[C@H]1C[C@@H](C)[C@H](CO[Si](C)(C)C(C)(C)C)[C@@H]21.CCOC(=O)CCCc1cccc2c1O[C@H]1C[C@@H](C)[C@H](CO[Si](C)(C)C(C)(C)C)[C@@H]21.COP(=O)(OC)C(=[N+]=[N-])C(C)=O.COc1cccc2c1O[C@H]1C[C@@H](C)[C@H](CO[Si](C)(C)C(C)(C)C)[C@@H]21. The van der Waals surface area contributed by atoms with Gasteiger partial charge in [0.25, 0.3) is 0 Å². The molecule has 19 heteroatoms. The Hall–Kier alpha value is -4.38. The van der Waals surface area contributed by atoms with Crippen LogP contribution in [-0.4, -0.2) is 113 Å². The van der Waals surface area contributed by atoms with Crippen molar-refractivity contribution in [3.8, 4) is 35.3 Å². The van der Waals surface area contributed by atoms with Gasteiger partial charge in [-0.3, -0.25) is 9.59 Å². The van der Waals surface area contributed by atoms with Crippen LogP contribution in [0, 0.1) is 47.9 Å². The lowest BCUT2D eigenvalue weighted by atomic mass is 9.85. The largest absolute Gasteiger partial charge is 0.493 e. The van der Waals surface area contributed by atoms with Gasteiger partial charge >= 0.3 is 19.0 Å². The molecule has 3 aromatic rings. The Morgan fingerprint density at radius 3 is 1.39 bits per heavy atom. The number of nitrogens with zero attached hydrogens (tertiary/aromatic N) is 2. The lowest BCUT2D eigenvalue weighted by Gasteiger charge is -2.38. The van der Waals surface area contributed by atoms with Crippen LogP contribution in [0.25, 0.3) is 5.53 Å². The number of rotatable bonds is 19. The van der Waals surface area contributed by atoms with Gasteiger partial charge in [-0.05, 0) is 147 Å². The monoisotopic (exact) mass is 1310 g/mol. The molecule has 0 amide bonds. The molecule has 3 aliphatic carbocycles. The molecular weight excluding hydrogens is 1200 g/mol. The molecule has 3 aliphatic heterocycles. The molecule has 90 heavy (non-hydrogen) atoms. The minimum absolute atomic E-state index is 0.112. The van der Waals surface area contributed by atoms with Crippen LogP contribution >= 0.6 is 7.60 Å². The first kappa shape index (κ1) is 74.7. The molecular formula is C71H111N2O13PSi3. The number of hydrogen-bond donors (Lipinski definition) is 0. The summed E-state index contributed by atoms with van der Waals surface area (Å²) in [7, 11) is -5.01. The first-order chi connectivity index (χ1) is 41.9. The van der Waals surface area contributed by atoms with Gasteiger partial charge in [0.05, 0.1) is 19.3 Å². The van der Waals surface area contributed by atoms with Crippen molar-refractivity contribution in [1.29, 1.82) is 0 Å². The minimum atomic E-state index is -3.70. The van der Waals surface area contributed by atoms with Crippen molar-refractivity contribution < 1.29 is 65.0 Å². The predicted molar refractivity (Wildman–Crippen MR) is 367 cm³/mol. The third kappa shape index (κ3) is 16.6. The number of para-hydroxylation sites is 3. The number of esters is 1. The van der Waals surface area contributed by atoms with Crippen LogP contribution < -0.4 is 18.9 Å². The van der Waals surface area contributed by atoms with Crippen molar-refractivity contribution in [2.24, 2.45) is 35.5 Å². The van der Waals surface area contributed by atoms with Crippen molar-refractivity contribution in [2.75, 3.05) is 47.8 Å². The molecule has 0 saturated heterocycles. The van der Waals surface area contributed by atoms with Crippen LogP contribution in [0.2, 0.25) is 54.4 Å². The number of carbonyl (C=O) groups is 2. The van der Waals surface area contributed by atoms with E-state index in [4.69, 9.17) is 48.9 Å². The summed E-state index contributed by atoms with van der Waals surface area (Å²) in [6.07, 6.45) is 11.8. The number of terminal acetylenes is 1. The van der Waals surface area contributed by atoms with Gasteiger partial charge in [-0.1, -0.05) is 131 Å². The Labute approximate surface area is 544 Å². The standard InChI is InChI=1S/C25H40O4Si.C21H30O2Si.C20H32O3Si.C5H9N2O4P/c1-8-27-22(26)14-10-12-18-11-9-13-19-23-20(16-28-30(6,7)25(3,4)5)17(2)15-21(23)29-24(18)19;1-8-15-10-9-11-16-19-17(13-22-24(6,7)21(3,4)5)14(2)12-18(19)23-20(15)16;1-13-11-17-18(14-9-8-10-16(21-5)19(14)23-17)15(13)12-22-24(6,7)20(2,3)4;1-4(8)5(7-6)12(9,10-2)11-3/h9,11,13,17,20-21,23H,8,10,12,14-16H2,1-7H3;1,9-11,14,17-19H,12-13H2,2-7H3;8-10,13,15,17-18H,11-12H2,1-7H3;1-3H3/t17-,20+,21+,23-;14-,17+,18+,19-;13-,15+,17+,18-;/m111./s1. The topological polar surface area (TPSA) is 180 Å². The van der Waals surface area contributed by atoms with Crippen molar-refractivity contribution in [3.63, 3.8) is 0 Å². The quantitative estimate of drug-likeness (QED) is 0.0211. The summed E-state index contributed by atoms with van der Waals surface area (Å²) in [4.78, 5) is 24.9. The second kappa shape index (κ2) is 29.9. The second-order valence-corrected chi connectivity index (χ2v) is 47.1. The number of ether oxygens (including phenoxy) is 5.